The Balaban J connectivity index is 2.81. The highest BCUT2D eigenvalue weighted by Crippen LogP contribution is 2.26. The van der Waals surface area contributed by atoms with Crippen molar-refractivity contribution in [3.05, 3.63) is 0 Å². The molecule has 2 N–H and O–H groups in total. The van der Waals surface area contributed by atoms with Crippen LogP contribution in [0.3, 0.4) is 0 Å². The molecular formula is C15H21F3N2O5S. The molecule has 0 aromatic heterocycles. The third-order valence-electron chi connectivity index (χ3n) is 3.83. The third kappa shape index (κ3) is 6.60. The Morgan fingerprint density at radius 3 is 2.50 bits per heavy atom. The molecule has 7 nitrogen and oxygen atoms in total. The van der Waals surface area contributed by atoms with Gasteiger partial charge in [0.25, 0.3) is 0 Å². The Hall–Kier alpha value is -1.62. The van der Waals surface area contributed by atoms with Crippen LogP contribution in [0, 0.1) is 5.92 Å². The molecule has 2 atom stereocenters. The van der Waals surface area contributed by atoms with Crippen LogP contribution in [0.1, 0.15) is 32.6 Å². The second-order valence-electron chi connectivity index (χ2n) is 5.83. The summed E-state index contributed by atoms with van der Waals surface area (Å²) in [4.78, 5) is 47.7. The first kappa shape index (κ1) is 22.4. The molecule has 148 valence electrons. The lowest BCUT2D eigenvalue weighted by atomic mass is 10.0. The summed E-state index contributed by atoms with van der Waals surface area (Å²) in [5, 5.41) is -0.177. The van der Waals surface area contributed by atoms with Crippen molar-refractivity contribution in [3.8, 4) is 0 Å². The van der Waals surface area contributed by atoms with Gasteiger partial charge in [-0.15, -0.1) is 0 Å². The lowest BCUT2D eigenvalue weighted by molar-refractivity contribution is -0.203. The highest BCUT2D eigenvalue weighted by molar-refractivity contribution is 8.13. The molecular weight excluding hydrogens is 377 g/mol. The van der Waals surface area contributed by atoms with Crippen molar-refractivity contribution < 1.29 is 37.1 Å². The number of hydrogen-bond donors (Lipinski definition) is 1. The van der Waals surface area contributed by atoms with E-state index in [-0.39, 0.29) is 23.8 Å². The second kappa shape index (κ2) is 9.91. The van der Waals surface area contributed by atoms with Gasteiger partial charge in [0, 0.05) is 25.1 Å². The van der Waals surface area contributed by atoms with Crippen LogP contribution in [-0.2, 0) is 23.9 Å². The van der Waals surface area contributed by atoms with E-state index < -0.39 is 36.0 Å². The van der Waals surface area contributed by atoms with E-state index in [1.165, 1.54) is 6.92 Å². The molecule has 0 radical (unpaired) electrons. The molecule has 0 aliphatic carbocycles. The Labute approximate surface area is 152 Å². The van der Waals surface area contributed by atoms with Gasteiger partial charge in [-0.1, -0.05) is 11.8 Å². The summed E-state index contributed by atoms with van der Waals surface area (Å²) in [6, 6.07) is -1.24. The molecule has 1 aliphatic rings. The maximum absolute atomic E-state index is 12.7. The van der Waals surface area contributed by atoms with Crippen LogP contribution < -0.4 is 5.73 Å². The van der Waals surface area contributed by atoms with Crippen molar-refractivity contribution in [2.45, 2.75) is 44.8 Å². The van der Waals surface area contributed by atoms with Crippen LogP contribution in [0.25, 0.3) is 0 Å². The number of carbonyl (C=O) groups excluding carboxylic acids is 4. The Kier molecular flexibility index (Phi) is 8.54. The van der Waals surface area contributed by atoms with E-state index in [9.17, 15) is 32.3 Å². The summed E-state index contributed by atoms with van der Waals surface area (Å²) in [6.07, 6.45) is -3.88. The molecule has 11 heteroatoms. The number of alkyl halides is 3. The van der Waals surface area contributed by atoms with Crippen LogP contribution in [-0.4, -0.2) is 58.9 Å². The maximum atomic E-state index is 12.7. The van der Waals surface area contributed by atoms with Crippen molar-refractivity contribution in [2.24, 2.45) is 11.7 Å². The predicted molar refractivity (Wildman–Crippen MR) is 86.8 cm³/mol. The molecule has 0 aromatic carbocycles. The average Bonchev–Trinajstić information content (AvgIpc) is 3.02. The number of nitrogens with zero attached hydrogens (tertiary/aromatic N) is 1. The Morgan fingerprint density at radius 2 is 1.96 bits per heavy atom. The van der Waals surface area contributed by atoms with Crippen LogP contribution in [0.2, 0.25) is 0 Å². The minimum Gasteiger partial charge on any atom is -0.385 e. The monoisotopic (exact) mass is 398 g/mol. The predicted octanol–water partition coefficient (Wildman–Crippen LogP) is 1.24. The normalized spacial score (nSPS) is 18.5. The van der Waals surface area contributed by atoms with Gasteiger partial charge in [-0.3, -0.25) is 9.59 Å². The van der Waals surface area contributed by atoms with E-state index >= 15 is 0 Å². The van der Waals surface area contributed by atoms with E-state index in [1.807, 2.05) is 0 Å². The number of esters is 2. The molecule has 1 heterocycles. The quantitative estimate of drug-likeness (QED) is 0.508. The number of amides is 1. The smallest absolute Gasteiger partial charge is 0.385 e. The van der Waals surface area contributed by atoms with Crippen molar-refractivity contribution in [3.63, 3.8) is 0 Å². The molecule has 1 amide bonds. The summed E-state index contributed by atoms with van der Waals surface area (Å²) in [7, 11) is 0. The number of thioether (sulfide) groups is 1. The fraction of sp³-hybridized carbons (Fsp3) is 0.733. The van der Waals surface area contributed by atoms with Crippen LogP contribution in [0.15, 0.2) is 0 Å². The van der Waals surface area contributed by atoms with Gasteiger partial charge in [0.1, 0.15) is 6.04 Å². The number of likely N-dealkylation sites (tertiary alicyclic amines) is 1. The molecule has 26 heavy (non-hydrogen) atoms. The summed E-state index contributed by atoms with van der Waals surface area (Å²) in [5.74, 6) is -4.86. The lowest BCUT2D eigenvalue weighted by Gasteiger charge is -2.27. The highest BCUT2D eigenvalue weighted by atomic mass is 32.2. The summed E-state index contributed by atoms with van der Waals surface area (Å²) < 4.78 is 40.6. The number of nitrogens with two attached hydrogens (primary N) is 1. The highest BCUT2D eigenvalue weighted by Gasteiger charge is 2.45. The van der Waals surface area contributed by atoms with Crippen LogP contribution in [0.4, 0.5) is 13.2 Å². The Morgan fingerprint density at radius 1 is 1.31 bits per heavy atom. The zero-order chi connectivity index (χ0) is 19.9. The van der Waals surface area contributed by atoms with E-state index in [2.05, 4.69) is 4.74 Å². The maximum Gasteiger partial charge on any atom is 0.491 e. The van der Waals surface area contributed by atoms with Crippen LogP contribution in [0.5, 0.6) is 0 Å². The van der Waals surface area contributed by atoms with E-state index in [1.54, 1.807) is 0 Å². The Bertz CT molecular complexity index is 556. The SMILES string of the molecule is CC(=O)SCC(CCCN)C(=O)N1CCC[C@H]1C(=O)OC(=O)C(F)(F)F. The molecule has 0 spiro atoms. The van der Waals surface area contributed by atoms with E-state index in [4.69, 9.17) is 5.73 Å². The fourth-order valence-electron chi connectivity index (χ4n) is 2.59. The van der Waals surface area contributed by atoms with Gasteiger partial charge in [0.05, 0.1) is 0 Å². The van der Waals surface area contributed by atoms with E-state index in [0.29, 0.717) is 25.8 Å². The number of halogens is 3. The summed E-state index contributed by atoms with van der Waals surface area (Å²) in [5.41, 5.74) is 5.44. The zero-order valence-corrected chi connectivity index (χ0v) is 15.0. The fourth-order valence-corrected chi connectivity index (χ4v) is 3.33. The third-order valence-corrected chi connectivity index (χ3v) is 4.80. The molecule has 1 unspecified atom stereocenters. The molecule has 0 bridgehead atoms. The summed E-state index contributed by atoms with van der Waals surface area (Å²) in [6.45, 7) is 1.86. The van der Waals surface area contributed by atoms with Gasteiger partial charge in [0.2, 0.25) is 5.91 Å². The number of ether oxygens (including phenoxy) is 1. The first-order valence-electron chi connectivity index (χ1n) is 8.04. The zero-order valence-electron chi connectivity index (χ0n) is 14.2. The average molecular weight is 398 g/mol. The van der Waals surface area contributed by atoms with Gasteiger partial charge < -0.3 is 15.4 Å². The molecule has 0 saturated carbocycles. The largest absolute Gasteiger partial charge is 0.491 e. The number of carbonyl (C=O) groups is 4. The molecule has 1 aliphatic heterocycles. The summed E-state index contributed by atoms with van der Waals surface area (Å²) >= 11 is 0.954. The lowest BCUT2D eigenvalue weighted by Crippen LogP contribution is -2.46. The first-order valence-corrected chi connectivity index (χ1v) is 9.03. The van der Waals surface area contributed by atoms with Crippen molar-refractivity contribution in [1.29, 1.82) is 0 Å². The molecule has 1 fully saturated rings. The molecule has 1 saturated heterocycles. The minimum atomic E-state index is -5.29. The van der Waals surface area contributed by atoms with Crippen molar-refractivity contribution >= 4 is 34.7 Å². The van der Waals surface area contributed by atoms with Crippen molar-refractivity contribution in [1.82, 2.24) is 4.90 Å². The van der Waals surface area contributed by atoms with Crippen molar-refractivity contribution in [2.75, 3.05) is 18.8 Å². The second-order valence-corrected chi connectivity index (χ2v) is 7.02. The number of rotatable bonds is 7. The standard InChI is InChI=1S/C15H21F3N2O5S/c1-9(21)26-8-10(4-2-6-19)12(22)20-7-3-5-11(20)13(23)25-14(24)15(16,17)18/h10-11H,2-8,19H2,1H3/t10?,11-/m0/s1. The molecule has 0 aromatic rings. The first-order chi connectivity index (χ1) is 12.1. The van der Waals surface area contributed by atoms with Gasteiger partial charge in [0.15, 0.2) is 5.12 Å². The van der Waals surface area contributed by atoms with Gasteiger partial charge >= 0.3 is 18.1 Å². The number of hydrogen-bond acceptors (Lipinski definition) is 7. The topological polar surface area (TPSA) is 107 Å². The van der Waals surface area contributed by atoms with E-state index in [0.717, 1.165) is 16.7 Å². The van der Waals surface area contributed by atoms with Gasteiger partial charge in [-0.2, -0.15) is 13.2 Å². The minimum absolute atomic E-state index is 0.110. The van der Waals surface area contributed by atoms with Gasteiger partial charge in [-0.25, -0.2) is 9.59 Å². The van der Waals surface area contributed by atoms with Crippen LogP contribution >= 0.6 is 11.8 Å². The molecule has 1 rings (SSSR count). The van der Waals surface area contributed by atoms with Gasteiger partial charge in [-0.05, 0) is 32.2 Å².